The molecular weight excluding hydrogens is 298 g/mol. The molecule has 1 unspecified atom stereocenters. The van der Waals surface area contributed by atoms with Gasteiger partial charge in [0.05, 0.1) is 19.3 Å². The number of aliphatic carboxylic acids is 1. The number of carbonyl (C=O) groups excluding carboxylic acids is 1. The highest BCUT2D eigenvalue weighted by molar-refractivity contribution is 5.81. The zero-order valence-electron chi connectivity index (χ0n) is 13.7. The smallest absolute Gasteiger partial charge is 0.411 e. The summed E-state index contributed by atoms with van der Waals surface area (Å²) in [7, 11) is 0. The lowest BCUT2D eigenvalue weighted by Crippen LogP contribution is -2.43. The number of benzene rings is 1. The van der Waals surface area contributed by atoms with Crippen molar-refractivity contribution >= 4 is 12.1 Å². The van der Waals surface area contributed by atoms with Gasteiger partial charge < -0.3 is 14.6 Å². The van der Waals surface area contributed by atoms with Crippen molar-refractivity contribution < 1.29 is 24.2 Å². The van der Waals surface area contributed by atoms with E-state index in [4.69, 9.17) is 9.47 Å². The van der Waals surface area contributed by atoms with Gasteiger partial charge in [0, 0.05) is 6.42 Å². The summed E-state index contributed by atoms with van der Waals surface area (Å²) in [4.78, 5) is 24.8. The van der Waals surface area contributed by atoms with E-state index in [0.29, 0.717) is 6.61 Å². The molecule has 0 radical (unpaired) electrons. The summed E-state index contributed by atoms with van der Waals surface area (Å²) in [5.74, 6) is -1.04. The van der Waals surface area contributed by atoms with Crippen LogP contribution in [-0.4, -0.2) is 46.4 Å². The Hall–Kier alpha value is -2.08. The summed E-state index contributed by atoms with van der Waals surface area (Å²) in [5, 5.41) is 9.33. The molecule has 23 heavy (non-hydrogen) atoms. The lowest BCUT2D eigenvalue weighted by atomic mass is 10.2. The summed E-state index contributed by atoms with van der Waals surface area (Å²) < 4.78 is 11.0. The van der Waals surface area contributed by atoms with Crippen LogP contribution in [0.1, 0.15) is 32.8 Å². The van der Waals surface area contributed by atoms with E-state index >= 15 is 0 Å². The number of likely N-dealkylation sites (tertiary alicyclic amines) is 1. The van der Waals surface area contributed by atoms with E-state index in [2.05, 4.69) is 0 Å². The average Bonchev–Trinajstić information content (AvgIpc) is 2.89. The van der Waals surface area contributed by atoms with Crippen LogP contribution in [0, 0.1) is 0 Å². The molecule has 0 saturated carbocycles. The number of nitrogens with zero attached hydrogens (tertiary/aromatic N) is 1. The normalized spacial score (nSPS) is 21.3. The summed E-state index contributed by atoms with van der Waals surface area (Å²) >= 11 is 0. The fourth-order valence-corrected chi connectivity index (χ4v) is 2.46. The second-order valence-corrected chi connectivity index (χ2v) is 6.64. The Kier molecular flexibility index (Phi) is 5.26. The molecule has 126 valence electrons. The Morgan fingerprint density at radius 1 is 1.26 bits per heavy atom. The van der Waals surface area contributed by atoms with Crippen molar-refractivity contribution in [3.63, 3.8) is 0 Å². The van der Waals surface area contributed by atoms with Crippen LogP contribution in [0.5, 0.6) is 0 Å². The molecular formula is C17H23NO5. The second kappa shape index (κ2) is 7.00. The molecule has 2 atom stereocenters. The molecule has 1 saturated heterocycles. The Morgan fingerprint density at radius 3 is 2.48 bits per heavy atom. The largest absolute Gasteiger partial charge is 0.480 e. The standard InChI is InChI=1S/C17H23NO5/c1-17(2,3)23-16(21)18-10-13(9-14(18)15(19)20)22-11-12-7-5-4-6-8-12/h4-8,13-14H,9-11H2,1-3H3,(H,19,20)/t13-,14?/m0/s1. The molecule has 1 N–H and O–H groups in total. The first-order valence-corrected chi connectivity index (χ1v) is 7.64. The lowest BCUT2D eigenvalue weighted by molar-refractivity contribution is -0.142. The molecule has 1 aliphatic heterocycles. The van der Waals surface area contributed by atoms with E-state index in [0.717, 1.165) is 5.56 Å². The molecule has 1 aromatic rings. The fourth-order valence-electron chi connectivity index (χ4n) is 2.46. The summed E-state index contributed by atoms with van der Waals surface area (Å²) in [5.41, 5.74) is 0.346. The molecule has 1 heterocycles. The van der Waals surface area contributed by atoms with Gasteiger partial charge in [0.2, 0.25) is 0 Å². The van der Waals surface area contributed by atoms with Crippen molar-refractivity contribution in [2.75, 3.05) is 6.54 Å². The highest BCUT2D eigenvalue weighted by atomic mass is 16.6. The van der Waals surface area contributed by atoms with Crippen molar-refractivity contribution in [2.45, 2.75) is 51.5 Å². The molecule has 6 nitrogen and oxygen atoms in total. The fraction of sp³-hybridized carbons (Fsp3) is 0.529. The molecule has 0 aliphatic carbocycles. The predicted molar refractivity (Wildman–Crippen MR) is 84.0 cm³/mol. The van der Waals surface area contributed by atoms with Crippen LogP contribution in [0.2, 0.25) is 0 Å². The van der Waals surface area contributed by atoms with Crippen LogP contribution >= 0.6 is 0 Å². The number of amides is 1. The minimum absolute atomic E-state index is 0.221. The van der Waals surface area contributed by atoms with E-state index in [-0.39, 0.29) is 19.1 Å². The van der Waals surface area contributed by atoms with Crippen LogP contribution < -0.4 is 0 Å². The maximum atomic E-state index is 12.2. The second-order valence-electron chi connectivity index (χ2n) is 6.64. The van der Waals surface area contributed by atoms with Gasteiger partial charge in [-0.15, -0.1) is 0 Å². The van der Waals surface area contributed by atoms with Gasteiger partial charge in [-0.3, -0.25) is 4.90 Å². The number of carbonyl (C=O) groups is 2. The average molecular weight is 321 g/mol. The van der Waals surface area contributed by atoms with E-state index in [1.165, 1.54) is 4.90 Å². The van der Waals surface area contributed by atoms with Crippen molar-refractivity contribution in [2.24, 2.45) is 0 Å². The van der Waals surface area contributed by atoms with Crippen LogP contribution in [-0.2, 0) is 20.9 Å². The minimum Gasteiger partial charge on any atom is -0.480 e. The van der Waals surface area contributed by atoms with Crippen molar-refractivity contribution in [3.05, 3.63) is 35.9 Å². The summed E-state index contributed by atoms with van der Waals surface area (Å²) in [6.45, 7) is 5.86. The first kappa shape index (κ1) is 17.3. The monoisotopic (exact) mass is 321 g/mol. The van der Waals surface area contributed by atoms with Crippen LogP contribution in [0.25, 0.3) is 0 Å². The van der Waals surface area contributed by atoms with Crippen molar-refractivity contribution in [1.82, 2.24) is 4.90 Å². The zero-order valence-corrected chi connectivity index (χ0v) is 13.7. The molecule has 6 heteroatoms. The highest BCUT2D eigenvalue weighted by Crippen LogP contribution is 2.24. The molecule has 1 aromatic carbocycles. The third kappa shape index (κ3) is 4.96. The van der Waals surface area contributed by atoms with Gasteiger partial charge in [0.1, 0.15) is 11.6 Å². The summed E-state index contributed by atoms with van der Waals surface area (Å²) in [6.07, 6.45) is -0.666. The Balaban J connectivity index is 1.97. The van der Waals surface area contributed by atoms with Crippen LogP contribution in [0.15, 0.2) is 30.3 Å². The maximum absolute atomic E-state index is 12.2. The maximum Gasteiger partial charge on any atom is 0.411 e. The van der Waals surface area contributed by atoms with E-state index in [1.54, 1.807) is 20.8 Å². The number of hydrogen-bond acceptors (Lipinski definition) is 4. The van der Waals surface area contributed by atoms with Gasteiger partial charge in [-0.05, 0) is 26.3 Å². The number of ether oxygens (including phenoxy) is 2. The SMILES string of the molecule is CC(C)(C)OC(=O)N1C[C@@H](OCc2ccccc2)CC1C(=O)O. The van der Waals surface area contributed by atoms with Gasteiger partial charge in [0.15, 0.2) is 0 Å². The van der Waals surface area contributed by atoms with E-state index in [9.17, 15) is 14.7 Å². The Morgan fingerprint density at radius 2 is 1.91 bits per heavy atom. The molecule has 0 bridgehead atoms. The topological polar surface area (TPSA) is 76.1 Å². The number of carboxylic acid groups (broad SMARTS) is 1. The third-order valence-electron chi connectivity index (χ3n) is 3.50. The molecule has 0 aromatic heterocycles. The van der Waals surface area contributed by atoms with Gasteiger partial charge in [-0.1, -0.05) is 30.3 Å². The quantitative estimate of drug-likeness (QED) is 0.922. The number of hydrogen-bond donors (Lipinski definition) is 1. The zero-order chi connectivity index (χ0) is 17.0. The third-order valence-corrected chi connectivity index (χ3v) is 3.50. The predicted octanol–water partition coefficient (Wildman–Crippen LogP) is 2.67. The van der Waals surface area contributed by atoms with Crippen LogP contribution in [0.4, 0.5) is 4.79 Å². The first-order valence-electron chi connectivity index (χ1n) is 7.64. The lowest BCUT2D eigenvalue weighted by Gasteiger charge is -2.26. The highest BCUT2D eigenvalue weighted by Gasteiger charge is 2.42. The Bertz CT molecular complexity index is 552. The Labute approximate surface area is 136 Å². The first-order chi connectivity index (χ1) is 10.8. The molecule has 1 aliphatic rings. The van der Waals surface area contributed by atoms with Gasteiger partial charge in [-0.25, -0.2) is 9.59 Å². The van der Waals surface area contributed by atoms with Gasteiger partial charge in [-0.2, -0.15) is 0 Å². The van der Waals surface area contributed by atoms with E-state index < -0.39 is 23.7 Å². The van der Waals surface area contributed by atoms with Gasteiger partial charge in [0.25, 0.3) is 0 Å². The molecule has 1 fully saturated rings. The minimum atomic E-state index is -1.04. The number of rotatable bonds is 4. The summed E-state index contributed by atoms with van der Waals surface area (Å²) in [6, 6.07) is 8.72. The molecule has 0 spiro atoms. The van der Waals surface area contributed by atoms with Crippen molar-refractivity contribution in [1.29, 1.82) is 0 Å². The van der Waals surface area contributed by atoms with E-state index in [1.807, 2.05) is 30.3 Å². The van der Waals surface area contributed by atoms with Crippen LogP contribution in [0.3, 0.4) is 0 Å². The molecule has 1 amide bonds. The number of carboxylic acids is 1. The molecule has 2 rings (SSSR count). The van der Waals surface area contributed by atoms with Gasteiger partial charge >= 0.3 is 12.1 Å². The van der Waals surface area contributed by atoms with Crippen molar-refractivity contribution in [3.8, 4) is 0 Å².